The Kier molecular flexibility index (Phi) is 17.7. The third-order valence-electron chi connectivity index (χ3n) is 4.89. The minimum Gasteiger partial charge on any atom is -0.481 e. The van der Waals surface area contributed by atoms with Gasteiger partial charge in [0.25, 0.3) is 0 Å². The molecule has 0 aromatic rings. The number of rotatable bonds is 20. The topological polar surface area (TPSA) is 101 Å². The maximum Gasteiger partial charge on any atom is 0.345 e. The van der Waals surface area contributed by atoms with Crippen LogP contribution in [0.3, 0.4) is 0 Å². The van der Waals surface area contributed by atoms with Crippen molar-refractivity contribution in [3.63, 3.8) is 0 Å². The van der Waals surface area contributed by atoms with Crippen LogP contribution < -0.4 is 0 Å². The zero-order valence-corrected chi connectivity index (χ0v) is 17.6. The average Bonchev–Trinajstić information content (AvgIpc) is 2.64. The smallest absolute Gasteiger partial charge is 0.345 e. The Morgan fingerprint density at radius 2 is 1.07 bits per heavy atom. The molecule has 0 aliphatic carbocycles. The number of carbonyl (C=O) groups excluding carboxylic acids is 1. The zero-order valence-electron chi connectivity index (χ0n) is 17.6. The fourth-order valence-electron chi connectivity index (χ4n) is 3.20. The number of esters is 1. The highest BCUT2D eigenvalue weighted by molar-refractivity contribution is 5.82. The summed E-state index contributed by atoms with van der Waals surface area (Å²) < 4.78 is 4.72. The quantitative estimate of drug-likeness (QED) is 0.200. The second kappa shape index (κ2) is 18.8. The molecule has 2 N–H and O–H groups in total. The summed E-state index contributed by atoms with van der Waals surface area (Å²) in [6, 6.07) is 0. The van der Waals surface area contributed by atoms with Crippen LogP contribution in [0.2, 0.25) is 0 Å². The molecule has 6 heteroatoms. The van der Waals surface area contributed by atoms with Crippen molar-refractivity contribution in [2.75, 3.05) is 0 Å². The van der Waals surface area contributed by atoms with Crippen molar-refractivity contribution in [2.45, 2.75) is 122 Å². The molecule has 0 unspecified atom stereocenters. The standard InChI is InChI=1S/C22H40O6/c1-2-3-4-5-6-7-8-9-10-11-12-13-14-15-16-17-21(25)28-19(22(26)27)18-20(23)24/h19H,2-18H2,1H3,(H,23,24)(H,26,27)/t19-/m0/s1. The summed E-state index contributed by atoms with van der Waals surface area (Å²) in [5.41, 5.74) is 0. The predicted octanol–water partition coefficient (Wildman–Crippen LogP) is 5.72. The van der Waals surface area contributed by atoms with Crippen LogP contribution in [0.5, 0.6) is 0 Å². The van der Waals surface area contributed by atoms with Gasteiger partial charge in [0.2, 0.25) is 6.10 Å². The van der Waals surface area contributed by atoms with E-state index in [9.17, 15) is 14.4 Å². The number of aliphatic carboxylic acids is 2. The zero-order chi connectivity index (χ0) is 21.0. The highest BCUT2D eigenvalue weighted by atomic mass is 16.6. The maximum atomic E-state index is 11.6. The SMILES string of the molecule is CCCCCCCCCCCCCCCCCC(=O)O[C@@H](CC(=O)O)C(=O)O. The first-order chi connectivity index (χ1) is 13.5. The van der Waals surface area contributed by atoms with E-state index in [2.05, 4.69) is 6.92 Å². The predicted molar refractivity (Wildman–Crippen MR) is 109 cm³/mol. The van der Waals surface area contributed by atoms with E-state index >= 15 is 0 Å². The Balaban J connectivity index is 3.41. The van der Waals surface area contributed by atoms with E-state index < -0.39 is 30.4 Å². The fraction of sp³-hybridized carbons (Fsp3) is 0.864. The average molecular weight is 401 g/mol. The first-order valence-corrected chi connectivity index (χ1v) is 11.1. The van der Waals surface area contributed by atoms with Gasteiger partial charge < -0.3 is 14.9 Å². The molecule has 0 amide bonds. The Labute approximate surface area is 170 Å². The molecule has 0 aromatic carbocycles. The summed E-state index contributed by atoms with van der Waals surface area (Å²) in [6.45, 7) is 2.25. The van der Waals surface area contributed by atoms with Crippen LogP contribution in [0.1, 0.15) is 116 Å². The van der Waals surface area contributed by atoms with Gasteiger partial charge in [0.1, 0.15) is 0 Å². The molecule has 0 radical (unpaired) electrons. The Morgan fingerprint density at radius 1 is 0.679 bits per heavy atom. The number of ether oxygens (including phenoxy) is 1. The molecule has 0 rings (SSSR count). The minimum atomic E-state index is -1.60. The van der Waals surface area contributed by atoms with Crippen molar-refractivity contribution in [1.82, 2.24) is 0 Å². The molecule has 0 heterocycles. The minimum absolute atomic E-state index is 0.141. The summed E-state index contributed by atoms with van der Waals surface area (Å²) in [6.07, 6.45) is 16.3. The number of carboxylic acid groups (broad SMARTS) is 2. The van der Waals surface area contributed by atoms with Crippen molar-refractivity contribution in [2.24, 2.45) is 0 Å². The van der Waals surface area contributed by atoms with Crippen LogP contribution >= 0.6 is 0 Å². The molecule has 0 aromatic heterocycles. The van der Waals surface area contributed by atoms with E-state index in [0.29, 0.717) is 6.42 Å². The maximum absolute atomic E-state index is 11.6. The van der Waals surface area contributed by atoms with Crippen molar-refractivity contribution >= 4 is 17.9 Å². The second-order valence-electron chi connectivity index (χ2n) is 7.61. The molecule has 0 saturated heterocycles. The van der Waals surface area contributed by atoms with Gasteiger partial charge in [-0.3, -0.25) is 9.59 Å². The molecular formula is C22H40O6. The van der Waals surface area contributed by atoms with Gasteiger partial charge in [0.15, 0.2) is 0 Å². The van der Waals surface area contributed by atoms with Gasteiger partial charge in [-0.25, -0.2) is 4.79 Å². The normalized spacial score (nSPS) is 11.9. The van der Waals surface area contributed by atoms with Crippen LogP contribution in [0, 0.1) is 0 Å². The van der Waals surface area contributed by atoms with E-state index in [-0.39, 0.29) is 6.42 Å². The van der Waals surface area contributed by atoms with E-state index in [1.807, 2.05) is 0 Å². The van der Waals surface area contributed by atoms with Crippen LogP contribution in [-0.4, -0.2) is 34.2 Å². The Morgan fingerprint density at radius 3 is 1.43 bits per heavy atom. The Hall–Kier alpha value is -1.59. The summed E-state index contributed by atoms with van der Waals surface area (Å²) in [5, 5.41) is 17.4. The summed E-state index contributed by atoms with van der Waals surface area (Å²) in [4.78, 5) is 33.0. The first-order valence-electron chi connectivity index (χ1n) is 11.1. The van der Waals surface area contributed by atoms with E-state index in [1.165, 1.54) is 70.6 Å². The molecule has 6 nitrogen and oxygen atoms in total. The van der Waals surface area contributed by atoms with Gasteiger partial charge in [-0.05, 0) is 6.42 Å². The van der Waals surface area contributed by atoms with Crippen molar-refractivity contribution in [3.8, 4) is 0 Å². The lowest BCUT2D eigenvalue weighted by Crippen LogP contribution is -2.29. The molecular weight excluding hydrogens is 360 g/mol. The summed E-state index contributed by atoms with van der Waals surface area (Å²) in [5.74, 6) is -3.36. The largest absolute Gasteiger partial charge is 0.481 e. The number of hydrogen-bond donors (Lipinski definition) is 2. The monoisotopic (exact) mass is 400 g/mol. The highest BCUT2D eigenvalue weighted by Gasteiger charge is 2.24. The molecule has 1 atom stereocenters. The lowest BCUT2D eigenvalue weighted by Gasteiger charge is -2.11. The Bertz CT molecular complexity index is 421. The van der Waals surface area contributed by atoms with Crippen molar-refractivity contribution < 1.29 is 29.3 Å². The molecule has 0 bridgehead atoms. The molecule has 28 heavy (non-hydrogen) atoms. The van der Waals surface area contributed by atoms with E-state index in [0.717, 1.165) is 19.3 Å². The molecule has 0 saturated carbocycles. The fourth-order valence-corrected chi connectivity index (χ4v) is 3.20. The van der Waals surface area contributed by atoms with Crippen LogP contribution in [0.4, 0.5) is 0 Å². The third kappa shape index (κ3) is 17.8. The first kappa shape index (κ1) is 26.4. The molecule has 0 aliphatic heterocycles. The van der Waals surface area contributed by atoms with Crippen LogP contribution in [0.25, 0.3) is 0 Å². The van der Waals surface area contributed by atoms with Gasteiger partial charge in [0.05, 0.1) is 6.42 Å². The van der Waals surface area contributed by atoms with Crippen LogP contribution in [-0.2, 0) is 19.1 Å². The highest BCUT2D eigenvalue weighted by Crippen LogP contribution is 2.14. The van der Waals surface area contributed by atoms with Crippen molar-refractivity contribution in [1.29, 1.82) is 0 Å². The number of carbonyl (C=O) groups is 3. The number of carboxylic acids is 2. The molecule has 0 aliphatic rings. The van der Waals surface area contributed by atoms with Crippen LogP contribution in [0.15, 0.2) is 0 Å². The van der Waals surface area contributed by atoms with Gasteiger partial charge >= 0.3 is 17.9 Å². The van der Waals surface area contributed by atoms with Gasteiger partial charge in [-0.1, -0.05) is 96.8 Å². The molecule has 0 spiro atoms. The van der Waals surface area contributed by atoms with Gasteiger partial charge in [-0.2, -0.15) is 0 Å². The summed E-state index contributed by atoms with van der Waals surface area (Å²) >= 11 is 0. The molecule has 164 valence electrons. The van der Waals surface area contributed by atoms with Gasteiger partial charge in [-0.15, -0.1) is 0 Å². The number of hydrogen-bond acceptors (Lipinski definition) is 4. The lowest BCUT2D eigenvalue weighted by molar-refractivity contribution is -0.167. The molecule has 0 fully saturated rings. The van der Waals surface area contributed by atoms with E-state index in [1.54, 1.807) is 0 Å². The van der Waals surface area contributed by atoms with E-state index in [4.69, 9.17) is 14.9 Å². The lowest BCUT2D eigenvalue weighted by atomic mass is 10.0. The third-order valence-corrected chi connectivity index (χ3v) is 4.89. The second-order valence-corrected chi connectivity index (χ2v) is 7.61. The summed E-state index contributed by atoms with van der Waals surface area (Å²) in [7, 11) is 0. The number of unbranched alkanes of at least 4 members (excludes halogenated alkanes) is 14. The van der Waals surface area contributed by atoms with Crippen molar-refractivity contribution in [3.05, 3.63) is 0 Å². The van der Waals surface area contributed by atoms with Gasteiger partial charge in [0, 0.05) is 6.42 Å².